The summed E-state index contributed by atoms with van der Waals surface area (Å²) in [5.41, 5.74) is 0.787. The van der Waals surface area contributed by atoms with Crippen molar-refractivity contribution >= 4 is 11.6 Å². The minimum Gasteiger partial charge on any atom is -0.494 e. The summed E-state index contributed by atoms with van der Waals surface area (Å²) >= 11 is 0. The Morgan fingerprint density at radius 2 is 2.12 bits per heavy atom. The van der Waals surface area contributed by atoms with E-state index in [-0.39, 0.29) is 17.8 Å². The Balaban J connectivity index is 1.73. The van der Waals surface area contributed by atoms with Crippen molar-refractivity contribution in [1.29, 1.82) is 0 Å². The van der Waals surface area contributed by atoms with E-state index in [1.165, 1.54) is 25.3 Å². The van der Waals surface area contributed by atoms with Gasteiger partial charge in [-0.1, -0.05) is 12.1 Å². The molecular formula is C19H20FNO4. The quantitative estimate of drug-likeness (QED) is 0.868. The maximum absolute atomic E-state index is 13.3. The van der Waals surface area contributed by atoms with Gasteiger partial charge in [-0.15, -0.1) is 0 Å². The third kappa shape index (κ3) is 4.28. The first-order valence-electron chi connectivity index (χ1n) is 8.15. The molecule has 2 aromatic rings. The highest BCUT2D eigenvalue weighted by Gasteiger charge is 2.19. The standard InChI is InChI=1S/C19H20FNO4/c1-23-18-11-13(20)8-9-16(18)21-19(22)15-6-2-3-7-17(15)25-12-14-5-4-10-24-14/h2-3,6-9,11,14H,4-5,10,12H2,1H3,(H,21,22). The first-order chi connectivity index (χ1) is 12.2. The van der Waals surface area contributed by atoms with Gasteiger partial charge in [0.2, 0.25) is 0 Å². The minimum atomic E-state index is -0.435. The number of para-hydroxylation sites is 1. The van der Waals surface area contributed by atoms with Crippen LogP contribution in [0.5, 0.6) is 11.5 Å². The van der Waals surface area contributed by atoms with E-state index in [9.17, 15) is 9.18 Å². The number of nitrogens with one attached hydrogen (secondary N) is 1. The Bertz CT molecular complexity index is 744. The molecule has 6 heteroatoms. The Morgan fingerprint density at radius 1 is 1.28 bits per heavy atom. The van der Waals surface area contributed by atoms with Crippen LogP contribution in [0.1, 0.15) is 23.2 Å². The average molecular weight is 345 g/mol. The van der Waals surface area contributed by atoms with Crippen molar-refractivity contribution in [1.82, 2.24) is 0 Å². The monoisotopic (exact) mass is 345 g/mol. The molecule has 1 amide bonds. The van der Waals surface area contributed by atoms with Gasteiger partial charge in [-0.3, -0.25) is 4.79 Å². The molecule has 1 atom stereocenters. The van der Waals surface area contributed by atoms with Gasteiger partial charge in [0.25, 0.3) is 5.91 Å². The van der Waals surface area contributed by atoms with E-state index in [1.807, 2.05) is 0 Å². The van der Waals surface area contributed by atoms with Gasteiger partial charge in [0, 0.05) is 12.7 Å². The molecule has 0 aliphatic carbocycles. The smallest absolute Gasteiger partial charge is 0.259 e. The molecule has 0 spiro atoms. The molecule has 1 aliphatic heterocycles. The van der Waals surface area contributed by atoms with Gasteiger partial charge in [0.1, 0.15) is 23.9 Å². The van der Waals surface area contributed by atoms with E-state index in [1.54, 1.807) is 24.3 Å². The molecule has 1 fully saturated rings. The average Bonchev–Trinajstić information content (AvgIpc) is 3.15. The lowest BCUT2D eigenvalue weighted by Gasteiger charge is -2.15. The van der Waals surface area contributed by atoms with Crippen LogP contribution < -0.4 is 14.8 Å². The van der Waals surface area contributed by atoms with Crippen LogP contribution in [0.3, 0.4) is 0 Å². The van der Waals surface area contributed by atoms with Crippen LogP contribution in [-0.2, 0) is 4.74 Å². The second-order valence-corrected chi connectivity index (χ2v) is 5.74. The van der Waals surface area contributed by atoms with Crippen LogP contribution >= 0.6 is 0 Å². The summed E-state index contributed by atoms with van der Waals surface area (Å²) in [5.74, 6) is -0.0503. The van der Waals surface area contributed by atoms with Crippen molar-refractivity contribution in [3.63, 3.8) is 0 Å². The molecule has 5 nitrogen and oxygen atoms in total. The van der Waals surface area contributed by atoms with Gasteiger partial charge in [-0.05, 0) is 37.1 Å². The van der Waals surface area contributed by atoms with E-state index < -0.39 is 5.82 Å². The van der Waals surface area contributed by atoms with Crippen LogP contribution in [0.15, 0.2) is 42.5 Å². The topological polar surface area (TPSA) is 56.8 Å². The van der Waals surface area contributed by atoms with E-state index >= 15 is 0 Å². The number of methoxy groups -OCH3 is 1. The van der Waals surface area contributed by atoms with Crippen LogP contribution in [0.2, 0.25) is 0 Å². The second kappa shape index (κ2) is 7.98. The van der Waals surface area contributed by atoms with Crippen molar-refractivity contribution in [3.8, 4) is 11.5 Å². The fraction of sp³-hybridized carbons (Fsp3) is 0.316. The molecule has 1 saturated heterocycles. The van der Waals surface area contributed by atoms with Crippen LogP contribution in [0, 0.1) is 5.82 Å². The van der Waals surface area contributed by atoms with Gasteiger partial charge < -0.3 is 19.5 Å². The lowest BCUT2D eigenvalue weighted by Crippen LogP contribution is -2.19. The fourth-order valence-electron chi connectivity index (χ4n) is 2.70. The SMILES string of the molecule is COc1cc(F)ccc1NC(=O)c1ccccc1OCC1CCCO1. The summed E-state index contributed by atoms with van der Waals surface area (Å²) in [6.45, 7) is 1.16. The van der Waals surface area contributed by atoms with Gasteiger partial charge in [-0.2, -0.15) is 0 Å². The third-order valence-electron chi connectivity index (χ3n) is 3.99. The van der Waals surface area contributed by atoms with E-state index in [0.29, 0.717) is 23.6 Å². The second-order valence-electron chi connectivity index (χ2n) is 5.74. The molecule has 1 aliphatic rings. The first kappa shape index (κ1) is 17.2. The van der Waals surface area contributed by atoms with Crippen molar-refractivity contribution in [3.05, 3.63) is 53.8 Å². The molecule has 1 N–H and O–H groups in total. The number of benzene rings is 2. The van der Waals surface area contributed by atoms with Gasteiger partial charge in [0.05, 0.1) is 24.5 Å². The predicted octanol–water partition coefficient (Wildman–Crippen LogP) is 3.64. The lowest BCUT2D eigenvalue weighted by atomic mass is 10.1. The molecule has 3 rings (SSSR count). The highest BCUT2D eigenvalue weighted by atomic mass is 19.1. The number of amides is 1. The Kier molecular flexibility index (Phi) is 5.50. The molecule has 1 heterocycles. The molecule has 132 valence electrons. The summed E-state index contributed by atoms with van der Waals surface area (Å²) in [6, 6.07) is 10.9. The van der Waals surface area contributed by atoms with E-state index in [0.717, 1.165) is 19.4 Å². The van der Waals surface area contributed by atoms with Crippen LogP contribution in [0.4, 0.5) is 10.1 Å². The zero-order chi connectivity index (χ0) is 17.6. The molecule has 0 aromatic heterocycles. The number of halogens is 1. The van der Waals surface area contributed by atoms with Gasteiger partial charge in [0.15, 0.2) is 0 Å². The number of hydrogen-bond acceptors (Lipinski definition) is 4. The van der Waals surface area contributed by atoms with Crippen molar-refractivity contribution < 1.29 is 23.4 Å². The number of hydrogen-bond donors (Lipinski definition) is 1. The maximum Gasteiger partial charge on any atom is 0.259 e. The Morgan fingerprint density at radius 3 is 2.88 bits per heavy atom. The molecule has 25 heavy (non-hydrogen) atoms. The van der Waals surface area contributed by atoms with E-state index in [4.69, 9.17) is 14.2 Å². The molecule has 0 saturated carbocycles. The van der Waals surface area contributed by atoms with E-state index in [2.05, 4.69) is 5.32 Å². The summed E-state index contributed by atoms with van der Waals surface area (Å²) in [4.78, 5) is 12.6. The van der Waals surface area contributed by atoms with Crippen molar-refractivity contribution in [2.45, 2.75) is 18.9 Å². The number of rotatable bonds is 6. The summed E-state index contributed by atoms with van der Waals surface area (Å²) in [5, 5.41) is 2.73. The third-order valence-corrected chi connectivity index (χ3v) is 3.99. The number of carbonyl (C=O) groups is 1. The normalized spacial score (nSPS) is 16.5. The zero-order valence-corrected chi connectivity index (χ0v) is 14.0. The Labute approximate surface area is 145 Å². The number of carbonyl (C=O) groups excluding carboxylic acids is 1. The van der Waals surface area contributed by atoms with Crippen LogP contribution in [-0.4, -0.2) is 32.3 Å². The Hall–Kier alpha value is -2.60. The maximum atomic E-state index is 13.3. The highest BCUT2D eigenvalue weighted by molar-refractivity contribution is 6.06. The number of ether oxygens (including phenoxy) is 3. The molecule has 1 unspecified atom stereocenters. The lowest BCUT2D eigenvalue weighted by molar-refractivity contribution is 0.0673. The molecule has 0 bridgehead atoms. The van der Waals surface area contributed by atoms with Gasteiger partial charge in [-0.25, -0.2) is 4.39 Å². The summed E-state index contributed by atoms with van der Waals surface area (Å²) in [6.07, 6.45) is 2.05. The molecule has 2 aromatic carbocycles. The summed E-state index contributed by atoms with van der Waals surface area (Å²) < 4.78 is 29.7. The van der Waals surface area contributed by atoms with Crippen molar-refractivity contribution in [2.24, 2.45) is 0 Å². The zero-order valence-electron chi connectivity index (χ0n) is 14.0. The summed E-state index contributed by atoms with van der Waals surface area (Å²) in [7, 11) is 1.42. The molecule has 0 radical (unpaired) electrons. The predicted molar refractivity (Wildman–Crippen MR) is 91.8 cm³/mol. The largest absolute Gasteiger partial charge is 0.494 e. The van der Waals surface area contributed by atoms with Crippen molar-refractivity contribution in [2.75, 3.05) is 25.6 Å². The fourth-order valence-corrected chi connectivity index (χ4v) is 2.70. The van der Waals surface area contributed by atoms with Gasteiger partial charge >= 0.3 is 0 Å². The number of anilines is 1. The first-order valence-corrected chi connectivity index (χ1v) is 8.15. The highest BCUT2D eigenvalue weighted by Crippen LogP contribution is 2.27. The molecular weight excluding hydrogens is 325 g/mol. The minimum absolute atomic E-state index is 0.0632. The van der Waals surface area contributed by atoms with Crippen LogP contribution in [0.25, 0.3) is 0 Å².